The molecule has 0 spiro atoms. The van der Waals surface area contributed by atoms with Crippen LogP contribution < -0.4 is 10.1 Å². The van der Waals surface area contributed by atoms with E-state index < -0.39 is 0 Å². The molecule has 3 aromatic rings. The van der Waals surface area contributed by atoms with Crippen molar-refractivity contribution in [1.29, 1.82) is 0 Å². The number of nitrogens with one attached hydrogen (secondary N) is 1. The Morgan fingerprint density at radius 3 is 2.82 bits per heavy atom. The first-order chi connectivity index (χ1) is 16.3. The number of thiazole rings is 1. The number of carbonyl (C=O) groups excluding carboxylic acids is 1. The molecule has 182 valence electrons. The van der Waals surface area contributed by atoms with Crippen molar-refractivity contribution in [2.45, 2.75) is 55.4 Å². The van der Waals surface area contributed by atoms with Crippen molar-refractivity contribution < 1.29 is 13.9 Å². The van der Waals surface area contributed by atoms with Gasteiger partial charge in [-0.1, -0.05) is 44.2 Å². The van der Waals surface area contributed by atoms with E-state index in [9.17, 15) is 4.79 Å². The van der Waals surface area contributed by atoms with Crippen LogP contribution in [0.3, 0.4) is 0 Å². The quantitative estimate of drug-likeness (QED) is 0.375. The minimum atomic E-state index is -0.0948. The van der Waals surface area contributed by atoms with Gasteiger partial charge in [0.05, 0.1) is 28.8 Å². The van der Waals surface area contributed by atoms with Crippen molar-refractivity contribution in [3.63, 3.8) is 0 Å². The molecule has 4 rings (SSSR count). The number of anilines is 1. The highest BCUT2D eigenvalue weighted by molar-refractivity contribution is 8.00. The summed E-state index contributed by atoms with van der Waals surface area (Å²) in [6.45, 7) is 10.2. The van der Waals surface area contributed by atoms with E-state index in [1.807, 2.05) is 24.3 Å². The van der Waals surface area contributed by atoms with Gasteiger partial charge in [-0.15, -0.1) is 11.8 Å². The zero-order valence-corrected chi connectivity index (χ0v) is 21.6. The molecule has 7 nitrogen and oxygen atoms in total. The number of nitrogens with zero attached hydrogens (tertiary/aromatic N) is 3. The fourth-order valence-electron chi connectivity index (χ4n) is 3.63. The number of rotatable bonds is 10. The number of aromatic nitrogens is 2. The lowest BCUT2D eigenvalue weighted by Crippen LogP contribution is -2.25. The number of likely N-dealkylation sites (tertiary alicyclic amines) is 1. The number of benzene rings is 1. The van der Waals surface area contributed by atoms with Gasteiger partial charge in [0.1, 0.15) is 18.1 Å². The molecule has 0 saturated carbocycles. The fourth-order valence-corrected chi connectivity index (χ4v) is 5.38. The van der Waals surface area contributed by atoms with Gasteiger partial charge < -0.3 is 14.5 Å². The maximum absolute atomic E-state index is 12.5. The molecule has 2 aromatic heterocycles. The first-order valence-corrected chi connectivity index (χ1v) is 13.4. The lowest BCUT2D eigenvalue weighted by molar-refractivity contribution is -0.115. The van der Waals surface area contributed by atoms with E-state index in [4.69, 9.17) is 9.15 Å². The standard InChI is InChI=1S/C25H32N4O3S2/c1-25(2,3)20-15-26-22(32-20)17-33-23-16-27-24(34-23)28-21(30)14-18-7-6-8-19(13-18)31-12-11-29-9-4-5-10-29/h6-8,13,15-16H,4-5,9-12,14,17H2,1-3H3,(H,27,28,30). The van der Waals surface area contributed by atoms with Crippen molar-refractivity contribution in [1.82, 2.24) is 14.9 Å². The van der Waals surface area contributed by atoms with Gasteiger partial charge in [-0.05, 0) is 43.6 Å². The largest absolute Gasteiger partial charge is 0.492 e. The third-order valence-corrected chi connectivity index (χ3v) is 7.59. The summed E-state index contributed by atoms with van der Waals surface area (Å²) in [7, 11) is 0. The fraction of sp³-hybridized carbons (Fsp3) is 0.480. The van der Waals surface area contributed by atoms with Gasteiger partial charge >= 0.3 is 0 Å². The summed E-state index contributed by atoms with van der Waals surface area (Å²) >= 11 is 3.05. The molecule has 1 fully saturated rings. The molecule has 0 unspecified atom stereocenters. The summed E-state index contributed by atoms with van der Waals surface area (Å²) in [6, 6.07) is 7.75. The van der Waals surface area contributed by atoms with Crippen molar-refractivity contribution in [3.05, 3.63) is 53.9 Å². The maximum atomic E-state index is 12.5. The molecular weight excluding hydrogens is 468 g/mol. The third-order valence-electron chi connectivity index (χ3n) is 5.50. The number of hydrogen-bond acceptors (Lipinski definition) is 8. The van der Waals surface area contributed by atoms with E-state index >= 15 is 0 Å². The van der Waals surface area contributed by atoms with E-state index in [-0.39, 0.29) is 17.7 Å². The van der Waals surface area contributed by atoms with Crippen LogP contribution in [0.1, 0.15) is 50.8 Å². The number of hydrogen-bond donors (Lipinski definition) is 1. The Hall–Kier alpha value is -2.36. The lowest BCUT2D eigenvalue weighted by Gasteiger charge is -2.15. The summed E-state index contributed by atoms with van der Waals surface area (Å²) in [5, 5.41) is 3.49. The number of ether oxygens (including phenoxy) is 1. The van der Waals surface area contributed by atoms with E-state index in [0.717, 1.165) is 27.8 Å². The van der Waals surface area contributed by atoms with Crippen LogP contribution in [-0.2, 0) is 22.4 Å². The highest BCUT2D eigenvalue weighted by Crippen LogP contribution is 2.32. The van der Waals surface area contributed by atoms with Gasteiger partial charge in [0.2, 0.25) is 11.8 Å². The van der Waals surface area contributed by atoms with E-state index in [1.165, 1.54) is 37.3 Å². The molecule has 3 heterocycles. The molecule has 9 heteroatoms. The molecule has 1 N–H and O–H groups in total. The van der Waals surface area contributed by atoms with Crippen LogP contribution in [0.2, 0.25) is 0 Å². The SMILES string of the molecule is CC(C)(C)c1cnc(CSc2cnc(NC(=O)Cc3cccc(OCCN4CCCC4)c3)s2)o1. The number of amides is 1. The van der Waals surface area contributed by atoms with Crippen LogP contribution in [0.5, 0.6) is 5.75 Å². The van der Waals surface area contributed by atoms with Gasteiger partial charge in [-0.25, -0.2) is 9.97 Å². The average molecular weight is 501 g/mol. The van der Waals surface area contributed by atoms with Gasteiger partial charge in [0.15, 0.2) is 5.13 Å². The van der Waals surface area contributed by atoms with Gasteiger partial charge in [-0.2, -0.15) is 0 Å². The summed E-state index contributed by atoms with van der Waals surface area (Å²) in [6.07, 6.45) is 6.40. The van der Waals surface area contributed by atoms with E-state index in [0.29, 0.717) is 23.4 Å². The predicted molar refractivity (Wildman–Crippen MR) is 137 cm³/mol. The Bertz CT molecular complexity index is 1080. The molecule has 34 heavy (non-hydrogen) atoms. The van der Waals surface area contributed by atoms with Gasteiger partial charge in [0.25, 0.3) is 0 Å². The first-order valence-electron chi connectivity index (χ1n) is 11.6. The van der Waals surface area contributed by atoms with Crippen LogP contribution in [0.25, 0.3) is 0 Å². The molecule has 1 aromatic carbocycles. The molecule has 1 amide bonds. The lowest BCUT2D eigenvalue weighted by atomic mass is 9.94. The predicted octanol–water partition coefficient (Wildman–Crippen LogP) is 5.38. The Balaban J connectivity index is 1.22. The van der Waals surface area contributed by atoms with Crippen molar-refractivity contribution in [2.75, 3.05) is 31.6 Å². The molecule has 1 aliphatic heterocycles. The highest BCUT2D eigenvalue weighted by Gasteiger charge is 2.19. The molecular formula is C25H32N4O3S2. The normalized spacial score (nSPS) is 14.4. The maximum Gasteiger partial charge on any atom is 0.230 e. The van der Waals surface area contributed by atoms with Crippen molar-refractivity contribution in [3.8, 4) is 5.75 Å². The Labute approximate surface area is 209 Å². The van der Waals surface area contributed by atoms with Gasteiger partial charge in [0, 0.05) is 12.0 Å². The minimum absolute atomic E-state index is 0.0584. The first kappa shape index (κ1) is 24.8. The smallest absolute Gasteiger partial charge is 0.230 e. The number of thioether (sulfide) groups is 1. The minimum Gasteiger partial charge on any atom is -0.492 e. The molecule has 0 bridgehead atoms. The molecule has 0 radical (unpaired) electrons. The third kappa shape index (κ3) is 7.32. The second kappa shape index (κ2) is 11.4. The summed E-state index contributed by atoms with van der Waals surface area (Å²) < 4.78 is 12.7. The molecule has 1 aliphatic rings. The zero-order valence-electron chi connectivity index (χ0n) is 20.0. The summed E-state index contributed by atoms with van der Waals surface area (Å²) in [4.78, 5) is 23.7. The van der Waals surface area contributed by atoms with Gasteiger partial charge in [-0.3, -0.25) is 9.69 Å². The van der Waals surface area contributed by atoms with Crippen LogP contribution in [0, 0.1) is 0 Å². The molecule has 0 atom stereocenters. The van der Waals surface area contributed by atoms with Crippen LogP contribution in [0.4, 0.5) is 5.13 Å². The second-order valence-corrected chi connectivity index (χ2v) is 11.7. The summed E-state index contributed by atoms with van der Waals surface area (Å²) in [5.74, 6) is 2.90. The highest BCUT2D eigenvalue weighted by atomic mass is 32.2. The Morgan fingerprint density at radius 1 is 1.24 bits per heavy atom. The van der Waals surface area contributed by atoms with E-state index in [1.54, 1.807) is 24.2 Å². The molecule has 1 saturated heterocycles. The second-order valence-electron chi connectivity index (χ2n) is 9.41. The Morgan fingerprint density at radius 2 is 2.06 bits per heavy atom. The van der Waals surface area contributed by atoms with Crippen LogP contribution in [-0.4, -0.2) is 47.0 Å². The Kier molecular flexibility index (Phi) is 8.28. The summed E-state index contributed by atoms with van der Waals surface area (Å²) in [5.41, 5.74) is 0.859. The number of carbonyl (C=O) groups is 1. The van der Waals surface area contributed by atoms with Crippen molar-refractivity contribution in [2.24, 2.45) is 0 Å². The van der Waals surface area contributed by atoms with Crippen LogP contribution in [0.15, 0.2) is 45.3 Å². The zero-order chi connectivity index (χ0) is 24.0. The topological polar surface area (TPSA) is 80.5 Å². The van der Waals surface area contributed by atoms with Crippen molar-refractivity contribution >= 4 is 34.1 Å². The van der Waals surface area contributed by atoms with Crippen LogP contribution >= 0.6 is 23.1 Å². The average Bonchev–Trinajstić information content (AvgIpc) is 3.54. The molecule has 0 aliphatic carbocycles. The van der Waals surface area contributed by atoms with E-state index in [2.05, 4.69) is 41.0 Å². The number of oxazole rings is 1. The monoisotopic (exact) mass is 500 g/mol.